The van der Waals surface area contributed by atoms with Crippen LogP contribution in [-0.4, -0.2) is 49.9 Å². The Kier molecular flexibility index (Phi) is 9.98. The lowest BCUT2D eigenvalue weighted by Gasteiger charge is -2.38. The first-order valence-corrected chi connectivity index (χ1v) is 14.8. The minimum Gasteiger partial charge on any atom is -0.490 e. The highest BCUT2D eigenvalue weighted by Crippen LogP contribution is 2.43. The van der Waals surface area contributed by atoms with E-state index in [-0.39, 0.29) is 48.5 Å². The number of sulfonamides is 1. The first-order valence-electron chi connectivity index (χ1n) is 13.2. The lowest BCUT2D eigenvalue weighted by atomic mass is 9.91. The molecule has 0 aliphatic carbocycles. The first kappa shape index (κ1) is 31.5. The highest BCUT2D eigenvalue weighted by Gasteiger charge is 2.35. The molecule has 40 heavy (non-hydrogen) atoms. The Labute approximate surface area is 248 Å². The molecule has 0 aromatic heterocycles. The molecule has 2 heterocycles. The largest absolute Gasteiger partial charge is 0.490 e. The van der Waals surface area contributed by atoms with Crippen molar-refractivity contribution in [3.8, 4) is 5.75 Å². The normalized spacial score (nSPS) is 17.4. The van der Waals surface area contributed by atoms with Crippen molar-refractivity contribution in [2.24, 2.45) is 5.73 Å². The topological polar surface area (TPSA) is 124 Å². The maximum atomic E-state index is 13.4. The van der Waals surface area contributed by atoms with Crippen LogP contribution in [0.3, 0.4) is 0 Å². The number of nitrogens with zero attached hydrogens (tertiary/aromatic N) is 2. The lowest BCUT2D eigenvalue weighted by molar-refractivity contribution is 0.130. The molecule has 2 aliphatic rings. The molecule has 3 aromatic carbocycles. The van der Waals surface area contributed by atoms with Crippen LogP contribution >= 0.6 is 24.8 Å². The van der Waals surface area contributed by atoms with Crippen LogP contribution in [0.15, 0.2) is 54.6 Å². The predicted molar refractivity (Wildman–Crippen MR) is 168 cm³/mol. The third kappa shape index (κ3) is 6.32. The van der Waals surface area contributed by atoms with Gasteiger partial charge in [-0.2, -0.15) is 0 Å². The Bertz CT molecular complexity index is 1510. The van der Waals surface area contributed by atoms with Crippen LogP contribution in [-0.2, 0) is 16.4 Å². The molecule has 1 atom stereocenters. The second kappa shape index (κ2) is 12.7. The van der Waals surface area contributed by atoms with Crippen LogP contribution in [0.4, 0.5) is 5.69 Å². The van der Waals surface area contributed by atoms with Gasteiger partial charge in [0.05, 0.1) is 23.3 Å². The van der Waals surface area contributed by atoms with E-state index in [1.807, 2.05) is 61.5 Å². The number of nitrogens with one attached hydrogen (secondary N) is 2. The number of amidine groups is 2. The number of rotatable bonds is 6. The van der Waals surface area contributed by atoms with Crippen molar-refractivity contribution in [1.82, 2.24) is 4.90 Å². The van der Waals surface area contributed by atoms with Crippen molar-refractivity contribution < 1.29 is 13.2 Å². The molecular weight excluding hydrogens is 569 g/mol. The van der Waals surface area contributed by atoms with Gasteiger partial charge < -0.3 is 15.4 Å². The Hall–Kier alpha value is -3.01. The number of nitrogen functional groups attached to an aromatic ring is 1. The van der Waals surface area contributed by atoms with Gasteiger partial charge in [-0.15, -0.1) is 24.8 Å². The first-order chi connectivity index (χ1) is 18.2. The van der Waals surface area contributed by atoms with Crippen LogP contribution in [0.2, 0.25) is 0 Å². The molecule has 3 aromatic rings. The summed E-state index contributed by atoms with van der Waals surface area (Å²) in [5.41, 5.74) is 8.96. The van der Waals surface area contributed by atoms with E-state index in [9.17, 15) is 8.42 Å². The van der Waals surface area contributed by atoms with Gasteiger partial charge in [-0.25, -0.2) is 8.42 Å². The summed E-state index contributed by atoms with van der Waals surface area (Å²) in [6.07, 6.45) is 3.21. The van der Waals surface area contributed by atoms with Crippen LogP contribution in [0.25, 0.3) is 10.8 Å². The average Bonchev–Trinajstić information content (AvgIpc) is 2.92. The van der Waals surface area contributed by atoms with E-state index in [4.69, 9.17) is 21.3 Å². The molecule has 0 saturated carbocycles. The molecule has 0 spiro atoms. The maximum absolute atomic E-state index is 13.4. The number of ether oxygens (including phenoxy) is 1. The molecule has 1 unspecified atom stereocenters. The zero-order chi connectivity index (χ0) is 27.0. The summed E-state index contributed by atoms with van der Waals surface area (Å²) in [4.78, 5) is 2.06. The smallest absolute Gasteiger partial charge is 0.235 e. The fourth-order valence-corrected chi connectivity index (χ4v) is 6.92. The number of fused-ring (bicyclic) bond motifs is 2. The Morgan fingerprint density at radius 3 is 2.33 bits per heavy atom. The SMILES string of the molecule is CCS(=O)(=O)N1c2ccc(OC3CCN(C(C)=N)CC3)cc2CCC1c1ccc2ccc(C(=N)N)cc2c1.Cl.Cl. The average molecular weight is 607 g/mol. The van der Waals surface area contributed by atoms with Gasteiger partial charge in [0.2, 0.25) is 10.0 Å². The van der Waals surface area contributed by atoms with Gasteiger partial charge >= 0.3 is 0 Å². The van der Waals surface area contributed by atoms with Crippen LogP contribution in [0, 0.1) is 10.8 Å². The summed E-state index contributed by atoms with van der Waals surface area (Å²) in [5.74, 6) is 1.37. The number of halogens is 2. The summed E-state index contributed by atoms with van der Waals surface area (Å²) in [6, 6.07) is 17.1. The third-order valence-electron chi connectivity index (χ3n) is 7.70. The van der Waals surface area contributed by atoms with E-state index < -0.39 is 10.0 Å². The molecule has 1 saturated heterocycles. The summed E-state index contributed by atoms with van der Waals surface area (Å²) in [5, 5.41) is 17.6. The minimum absolute atomic E-state index is 0. The van der Waals surface area contributed by atoms with Gasteiger partial charge in [-0.05, 0) is 78.9 Å². The molecule has 4 N–H and O–H groups in total. The van der Waals surface area contributed by atoms with Gasteiger partial charge in [0.25, 0.3) is 0 Å². The number of nitrogens with two attached hydrogens (primary N) is 1. The summed E-state index contributed by atoms with van der Waals surface area (Å²) in [7, 11) is -3.55. The second-order valence-corrected chi connectivity index (χ2v) is 12.3. The van der Waals surface area contributed by atoms with Crippen molar-refractivity contribution in [2.45, 2.75) is 51.7 Å². The monoisotopic (exact) mass is 605 g/mol. The van der Waals surface area contributed by atoms with Crippen molar-refractivity contribution in [1.29, 1.82) is 10.8 Å². The standard InChI is InChI=1S/C29H35N5O3S.2ClH/c1-3-38(35,36)34-27(21-6-4-20-5-7-23(29(31)32)17-24(20)16-21)10-8-22-18-26(9-11-28(22)34)37-25-12-14-33(15-13-25)19(2)30;;/h4-7,9,11,16-18,25,27,30H,3,8,10,12-15H2,1-2H3,(H3,31,32);2*1H. The van der Waals surface area contributed by atoms with Crippen molar-refractivity contribution in [3.05, 3.63) is 71.3 Å². The number of hydrogen-bond acceptors (Lipinski definition) is 5. The summed E-state index contributed by atoms with van der Waals surface area (Å²) < 4.78 is 34.7. The number of likely N-dealkylation sites (tertiary alicyclic amines) is 1. The van der Waals surface area contributed by atoms with Gasteiger partial charge in [-0.1, -0.05) is 24.3 Å². The van der Waals surface area contributed by atoms with Crippen LogP contribution in [0.5, 0.6) is 5.75 Å². The zero-order valence-corrected chi connectivity index (χ0v) is 25.2. The van der Waals surface area contributed by atoms with E-state index >= 15 is 0 Å². The maximum Gasteiger partial charge on any atom is 0.235 e. The minimum atomic E-state index is -3.55. The van der Waals surface area contributed by atoms with Gasteiger partial charge in [0.1, 0.15) is 17.7 Å². The lowest BCUT2D eigenvalue weighted by Crippen LogP contribution is -2.40. The molecule has 1 fully saturated rings. The van der Waals surface area contributed by atoms with E-state index in [1.54, 1.807) is 11.2 Å². The molecule has 0 amide bonds. The number of aryl methyl sites for hydroxylation is 1. The summed E-state index contributed by atoms with van der Waals surface area (Å²) >= 11 is 0. The molecule has 8 nitrogen and oxygen atoms in total. The molecule has 11 heteroatoms. The zero-order valence-electron chi connectivity index (χ0n) is 22.7. The quantitative estimate of drug-likeness (QED) is 0.247. The molecular formula is C29H37Cl2N5O3S. The fraction of sp³-hybridized carbons (Fsp3) is 0.379. The van der Waals surface area contributed by atoms with Gasteiger partial charge in [0.15, 0.2) is 0 Å². The third-order valence-corrected chi connectivity index (χ3v) is 9.48. The van der Waals surface area contributed by atoms with Crippen molar-refractivity contribution >= 4 is 63.0 Å². The Morgan fingerprint density at radius 2 is 1.68 bits per heavy atom. The Balaban J connectivity index is 0.00000220. The number of piperidine rings is 1. The van der Waals surface area contributed by atoms with Crippen molar-refractivity contribution in [2.75, 3.05) is 23.1 Å². The predicted octanol–water partition coefficient (Wildman–Crippen LogP) is 5.65. The number of hydrogen-bond donors (Lipinski definition) is 3. The highest BCUT2D eigenvalue weighted by molar-refractivity contribution is 7.92. The molecule has 2 aliphatic heterocycles. The van der Waals surface area contributed by atoms with E-state index in [0.29, 0.717) is 23.5 Å². The van der Waals surface area contributed by atoms with E-state index in [1.165, 1.54) is 0 Å². The fourth-order valence-electron chi connectivity index (χ4n) is 5.55. The van der Waals surface area contributed by atoms with E-state index in [2.05, 4.69) is 4.90 Å². The molecule has 0 bridgehead atoms. The molecule has 5 rings (SSSR count). The molecule has 216 valence electrons. The van der Waals surface area contributed by atoms with Crippen molar-refractivity contribution in [3.63, 3.8) is 0 Å². The molecule has 0 radical (unpaired) electrons. The summed E-state index contributed by atoms with van der Waals surface area (Å²) in [6.45, 7) is 5.12. The van der Waals surface area contributed by atoms with Gasteiger partial charge in [-0.3, -0.25) is 15.1 Å². The van der Waals surface area contributed by atoms with Crippen LogP contribution < -0.4 is 14.8 Å². The van der Waals surface area contributed by atoms with Crippen LogP contribution in [0.1, 0.15) is 55.8 Å². The Morgan fingerprint density at radius 1 is 0.975 bits per heavy atom. The van der Waals surface area contributed by atoms with E-state index in [0.717, 1.165) is 60.0 Å². The highest BCUT2D eigenvalue weighted by atomic mass is 35.5. The second-order valence-electron chi connectivity index (χ2n) is 10.2. The number of benzene rings is 3. The number of anilines is 1. The van der Waals surface area contributed by atoms with Gasteiger partial charge in [0, 0.05) is 31.5 Å².